The van der Waals surface area contributed by atoms with E-state index in [0.29, 0.717) is 15.4 Å². The molecule has 0 aliphatic carbocycles. The van der Waals surface area contributed by atoms with Crippen LogP contribution in [0.2, 0.25) is 0 Å². The van der Waals surface area contributed by atoms with Crippen molar-refractivity contribution < 1.29 is 8.78 Å². The van der Waals surface area contributed by atoms with Crippen LogP contribution in [0.1, 0.15) is 0 Å². The summed E-state index contributed by atoms with van der Waals surface area (Å²) < 4.78 is 25.8. The van der Waals surface area contributed by atoms with Crippen molar-refractivity contribution in [2.45, 2.75) is 4.90 Å². The van der Waals surface area contributed by atoms with Crippen LogP contribution in [0.3, 0.4) is 0 Å². The molecular weight excluding hydrogens is 257 g/mol. The molecule has 0 nitrogen and oxygen atoms in total. The highest BCUT2D eigenvalue weighted by molar-refractivity contribution is 9.10. The zero-order valence-electron chi connectivity index (χ0n) is 5.07. The third-order valence-corrected chi connectivity index (χ3v) is 2.51. The van der Waals surface area contributed by atoms with Gasteiger partial charge in [-0.05, 0) is 33.8 Å². The molecule has 60 valence electrons. The molecule has 0 fully saturated rings. The van der Waals surface area contributed by atoms with Gasteiger partial charge in [-0.25, -0.2) is 8.78 Å². The van der Waals surface area contributed by atoms with Crippen molar-refractivity contribution in [3.63, 3.8) is 0 Å². The molecule has 0 aliphatic heterocycles. The fourth-order valence-corrected chi connectivity index (χ4v) is 1.71. The van der Waals surface area contributed by atoms with Gasteiger partial charge in [-0.15, -0.1) is 0 Å². The number of hydrogen-bond acceptors (Lipinski definition) is 1. The van der Waals surface area contributed by atoms with E-state index >= 15 is 0 Å². The van der Waals surface area contributed by atoms with E-state index in [9.17, 15) is 8.78 Å². The van der Waals surface area contributed by atoms with Gasteiger partial charge in [0, 0.05) is 4.47 Å². The van der Waals surface area contributed by atoms with E-state index in [4.69, 9.17) is 10.7 Å². The first-order chi connectivity index (χ1) is 5.15. The highest BCUT2D eigenvalue weighted by atomic mass is 79.9. The smallest absolute Gasteiger partial charge is 0.142 e. The van der Waals surface area contributed by atoms with Gasteiger partial charge in [0.1, 0.15) is 11.6 Å². The van der Waals surface area contributed by atoms with Crippen LogP contribution in [0.4, 0.5) is 8.78 Å². The van der Waals surface area contributed by atoms with Gasteiger partial charge in [0.15, 0.2) is 0 Å². The van der Waals surface area contributed by atoms with Gasteiger partial charge in [-0.3, -0.25) is 0 Å². The molecule has 0 aromatic heterocycles. The largest absolute Gasteiger partial charge is 0.206 e. The summed E-state index contributed by atoms with van der Waals surface area (Å²) in [5.74, 6) is -1.31. The molecule has 0 radical (unpaired) electrons. The van der Waals surface area contributed by atoms with Crippen LogP contribution in [-0.2, 0) is 0 Å². The van der Waals surface area contributed by atoms with Gasteiger partial charge in [0.05, 0.1) is 4.90 Å². The average Bonchev–Trinajstić information content (AvgIpc) is 1.85. The van der Waals surface area contributed by atoms with E-state index in [1.54, 1.807) is 0 Å². The van der Waals surface area contributed by atoms with Crippen LogP contribution >= 0.6 is 37.6 Å². The lowest BCUT2D eigenvalue weighted by Gasteiger charge is -1.99. The Bertz CT molecular complexity index is 256. The molecule has 0 amide bonds. The van der Waals surface area contributed by atoms with Crippen molar-refractivity contribution >= 4 is 37.6 Å². The van der Waals surface area contributed by atoms with Gasteiger partial charge in [-0.2, -0.15) is 0 Å². The molecule has 11 heavy (non-hydrogen) atoms. The molecule has 0 unspecified atom stereocenters. The number of rotatable bonds is 1. The maximum atomic E-state index is 12.7. The van der Waals surface area contributed by atoms with Crippen molar-refractivity contribution in [1.29, 1.82) is 0 Å². The summed E-state index contributed by atoms with van der Waals surface area (Å²) in [4.78, 5) is -0.171. The van der Waals surface area contributed by atoms with Crippen molar-refractivity contribution in [1.82, 2.24) is 0 Å². The summed E-state index contributed by atoms with van der Waals surface area (Å²) in [5.41, 5.74) is 0. The third-order valence-electron chi connectivity index (χ3n) is 1.04. The number of halogens is 4. The van der Waals surface area contributed by atoms with E-state index < -0.39 is 11.6 Å². The first kappa shape index (κ1) is 9.29. The Morgan fingerprint density at radius 1 is 1.27 bits per heavy atom. The molecule has 5 heteroatoms. The summed E-state index contributed by atoms with van der Waals surface area (Å²) in [6, 6.07) is 2.32. The zero-order chi connectivity index (χ0) is 8.43. The van der Waals surface area contributed by atoms with Crippen molar-refractivity contribution in [2.75, 3.05) is 0 Å². The Labute approximate surface area is 79.6 Å². The lowest BCUT2D eigenvalue weighted by atomic mass is 10.3. The zero-order valence-corrected chi connectivity index (χ0v) is 8.23. The quantitative estimate of drug-likeness (QED) is 0.735. The van der Waals surface area contributed by atoms with Crippen LogP contribution < -0.4 is 0 Å². The first-order valence-electron chi connectivity index (χ1n) is 2.58. The summed E-state index contributed by atoms with van der Waals surface area (Å²) in [5, 5.41) is 0. The molecule has 0 saturated heterocycles. The lowest BCUT2D eigenvalue weighted by Crippen LogP contribution is -1.85. The van der Waals surface area contributed by atoms with Gasteiger partial charge < -0.3 is 0 Å². The van der Waals surface area contributed by atoms with E-state index in [1.165, 1.54) is 0 Å². The maximum Gasteiger partial charge on any atom is 0.142 e. The van der Waals surface area contributed by atoms with Crippen LogP contribution in [0.25, 0.3) is 0 Å². The maximum absolute atomic E-state index is 12.7. The molecule has 0 aliphatic rings. The molecule has 1 aromatic rings. The van der Waals surface area contributed by atoms with Crippen molar-refractivity contribution in [3.8, 4) is 0 Å². The number of hydrogen-bond donors (Lipinski definition) is 0. The van der Waals surface area contributed by atoms with Crippen LogP contribution in [0, 0.1) is 11.6 Å². The topological polar surface area (TPSA) is 0 Å². The van der Waals surface area contributed by atoms with Gasteiger partial charge >= 0.3 is 0 Å². The molecule has 0 spiro atoms. The predicted molar refractivity (Wildman–Crippen MR) is 45.8 cm³/mol. The second-order valence-corrected chi connectivity index (χ2v) is 3.72. The Morgan fingerprint density at radius 2 is 1.73 bits per heavy atom. The van der Waals surface area contributed by atoms with E-state index in [-0.39, 0.29) is 4.90 Å². The molecule has 0 heterocycles. The second kappa shape index (κ2) is 3.74. The minimum absolute atomic E-state index is 0.171. The minimum atomic E-state index is -0.656. The van der Waals surface area contributed by atoms with Gasteiger partial charge in [0.25, 0.3) is 0 Å². The molecule has 1 aromatic carbocycles. The summed E-state index contributed by atoms with van der Waals surface area (Å²) >= 11 is 2.94. The monoisotopic (exact) mass is 258 g/mol. The van der Waals surface area contributed by atoms with Gasteiger partial charge in [0.2, 0.25) is 0 Å². The normalized spacial score (nSPS) is 10.2. The Hall–Kier alpha value is 0.200. The second-order valence-electron chi connectivity index (χ2n) is 1.78. The lowest BCUT2D eigenvalue weighted by molar-refractivity contribution is 0.540. The predicted octanol–water partition coefficient (Wildman–Crippen LogP) is 3.97. The number of benzene rings is 1. The standard InChI is InChI=1S/C6H2BrClF2S/c7-3-1-4(9)6(11-8)5(10)2-3/h1-2H. The molecule has 0 bridgehead atoms. The molecule has 1 rings (SSSR count). The molecule has 0 saturated carbocycles. The molecule has 0 atom stereocenters. The van der Waals surface area contributed by atoms with Crippen LogP contribution in [0.15, 0.2) is 21.5 Å². The fraction of sp³-hybridized carbons (Fsp3) is 0. The summed E-state index contributed by atoms with van der Waals surface area (Å²) in [7, 11) is 5.74. The summed E-state index contributed by atoms with van der Waals surface area (Å²) in [6.07, 6.45) is 0. The van der Waals surface area contributed by atoms with E-state index in [0.717, 1.165) is 12.1 Å². The average molecular weight is 260 g/mol. The van der Waals surface area contributed by atoms with Crippen LogP contribution in [-0.4, -0.2) is 0 Å². The summed E-state index contributed by atoms with van der Waals surface area (Å²) in [6.45, 7) is 0. The van der Waals surface area contributed by atoms with E-state index in [2.05, 4.69) is 15.9 Å². The first-order valence-corrected chi connectivity index (χ1v) is 5.02. The molecule has 0 N–H and O–H groups in total. The molecular formula is C6H2BrClF2S. The van der Waals surface area contributed by atoms with Crippen molar-refractivity contribution in [3.05, 3.63) is 28.2 Å². The highest BCUT2D eigenvalue weighted by Crippen LogP contribution is 2.30. The third kappa shape index (κ3) is 2.07. The Balaban J connectivity index is 3.25. The van der Waals surface area contributed by atoms with Crippen LogP contribution in [0.5, 0.6) is 0 Å². The Kier molecular flexibility index (Phi) is 3.16. The fourth-order valence-electron chi connectivity index (χ4n) is 0.603. The SMILES string of the molecule is Fc1cc(Br)cc(F)c1SCl. The Morgan fingerprint density at radius 3 is 2.09 bits per heavy atom. The van der Waals surface area contributed by atoms with E-state index in [1.807, 2.05) is 0 Å². The minimum Gasteiger partial charge on any atom is -0.206 e. The van der Waals surface area contributed by atoms with Gasteiger partial charge in [-0.1, -0.05) is 15.9 Å². The van der Waals surface area contributed by atoms with Crippen molar-refractivity contribution in [2.24, 2.45) is 0 Å². The highest BCUT2D eigenvalue weighted by Gasteiger charge is 2.09.